The second-order valence-electron chi connectivity index (χ2n) is 4.95. The zero-order valence-corrected chi connectivity index (χ0v) is 12.6. The van der Waals surface area contributed by atoms with Crippen LogP contribution < -0.4 is 4.72 Å². The van der Waals surface area contributed by atoms with E-state index in [9.17, 15) is 13.2 Å². The maximum atomic E-state index is 12.3. The summed E-state index contributed by atoms with van der Waals surface area (Å²) in [6, 6.07) is 8.89. The van der Waals surface area contributed by atoms with Crippen LogP contribution in [0.1, 0.15) is 21.5 Å². The number of nitrogens with one attached hydrogen (secondary N) is 1. The molecule has 0 bridgehead atoms. The normalized spacial score (nSPS) is 15.0. The number of hydrogen-bond acceptors (Lipinski definition) is 4. The molecule has 1 aromatic heterocycles. The van der Waals surface area contributed by atoms with E-state index in [-0.39, 0.29) is 15.8 Å². The second-order valence-corrected chi connectivity index (χ2v) is 7.81. The fourth-order valence-electron chi connectivity index (χ4n) is 2.49. The third-order valence-electron chi connectivity index (χ3n) is 3.46. The smallest absolute Gasteiger partial charge is 0.336 e. The first-order valence-electron chi connectivity index (χ1n) is 6.36. The SMILES string of the molecule is O=C(O)c1csc(S(=O)(=O)NC2Cc3ccccc3C2)c1. The molecule has 1 aliphatic carbocycles. The third-order valence-corrected chi connectivity index (χ3v) is 6.42. The summed E-state index contributed by atoms with van der Waals surface area (Å²) < 4.78 is 27.3. The van der Waals surface area contributed by atoms with Crippen LogP contribution in [0.15, 0.2) is 39.9 Å². The molecular formula is C14H13NO4S2. The van der Waals surface area contributed by atoms with Crippen molar-refractivity contribution in [3.8, 4) is 0 Å². The van der Waals surface area contributed by atoms with E-state index in [0.29, 0.717) is 12.8 Å². The number of hydrogen-bond donors (Lipinski definition) is 2. The molecule has 1 heterocycles. The van der Waals surface area contributed by atoms with Crippen LogP contribution in [0.5, 0.6) is 0 Å². The molecule has 110 valence electrons. The topological polar surface area (TPSA) is 83.5 Å². The summed E-state index contributed by atoms with van der Waals surface area (Å²) in [4.78, 5) is 10.8. The standard InChI is InChI=1S/C14H13NO4S2/c16-14(17)11-7-13(20-8-11)21(18,19)15-12-5-9-3-1-2-4-10(9)6-12/h1-4,7-8,12,15H,5-6H2,(H,16,17). The summed E-state index contributed by atoms with van der Waals surface area (Å²) in [5, 5.41) is 10.2. The Morgan fingerprint density at radius 2 is 1.86 bits per heavy atom. The van der Waals surface area contributed by atoms with Crippen molar-refractivity contribution in [2.24, 2.45) is 0 Å². The lowest BCUT2D eigenvalue weighted by Crippen LogP contribution is -2.34. The minimum atomic E-state index is -3.67. The van der Waals surface area contributed by atoms with Gasteiger partial charge in [0.2, 0.25) is 10.0 Å². The Labute approximate surface area is 126 Å². The second kappa shape index (κ2) is 5.25. The van der Waals surface area contributed by atoms with Crippen molar-refractivity contribution < 1.29 is 18.3 Å². The Bertz CT molecular complexity index is 770. The Morgan fingerprint density at radius 1 is 1.24 bits per heavy atom. The van der Waals surface area contributed by atoms with Gasteiger partial charge in [0.25, 0.3) is 0 Å². The monoisotopic (exact) mass is 323 g/mol. The van der Waals surface area contributed by atoms with E-state index in [1.54, 1.807) is 0 Å². The highest BCUT2D eigenvalue weighted by Crippen LogP contribution is 2.25. The van der Waals surface area contributed by atoms with Gasteiger partial charge in [0.1, 0.15) is 4.21 Å². The Morgan fingerprint density at radius 3 is 2.38 bits per heavy atom. The van der Waals surface area contributed by atoms with E-state index < -0.39 is 16.0 Å². The molecule has 0 radical (unpaired) electrons. The van der Waals surface area contributed by atoms with Crippen LogP contribution in [0.25, 0.3) is 0 Å². The van der Waals surface area contributed by atoms with Gasteiger partial charge in [-0.1, -0.05) is 24.3 Å². The van der Waals surface area contributed by atoms with Gasteiger partial charge in [0.15, 0.2) is 0 Å². The first-order chi connectivity index (χ1) is 9.95. The number of carboxylic acid groups (broad SMARTS) is 1. The van der Waals surface area contributed by atoms with Gasteiger partial charge >= 0.3 is 5.97 Å². The molecule has 2 N–H and O–H groups in total. The first kappa shape index (κ1) is 14.2. The number of thiophene rings is 1. The number of carbonyl (C=O) groups is 1. The summed E-state index contributed by atoms with van der Waals surface area (Å²) in [6.45, 7) is 0. The highest BCUT2D eigenvalue weighted by molar-refractivity contribution is 7.91. The van der Waals surface area contributed by atoms with Crippen LogP contribution >= 0.6 is 11.3 Å². The predicted molar refractivity (Wildman–Crippen MR) is 79.2 cm³/mol. The first-order valence-corrected chi connectivity index (χ1v) is 8.73. The summed E-state index contributed by atoms with van der Waals surface area (Å²) in [6.07, 6.45) is 1.32. The zero-order chi connectivity index (χ0) is 15.0. The molecular weight excluding hydrogens is 310 g/mol. The molecule has 1 aliphatic rings. The number of fused-ring (bicyclic) bond motifs is 1. The number of benzene rings is 1. The average Bonchev–Trinajstić information content (AvgIpc) is 3.04. The van der Waals surface area contributed by atoms with Crippen molar-refractivity contribution in [3.05, 3.63) is 52.4 Å². The lowest BCUT2D eigenvalue weighted by Gasteiger charge is -2.11. The number of sulfonamides is 1. The van der Waals surface area contributed by atoms with Gasteiger partial charge in [-0.2, -0.15) is 0 Å². The fourth-order valence-corrected chi connectivity index (χ4v) is 4.90. The van der Waals surface area contributed by atoms with Gasteiger partial charge in [-0.15, -0.1) is 11.3 Å². The minimum Gasteiger partial charge on any atom is -0.478 e. The Kier molecular flexibility index (Phi) is 3.56. The van der Waals surface area contributed by atoms with Crippen LogP contribution in [0.4, 0.5) is 0 Å². The molecule has 0 aliphatic heterocycles. The molecule has 0 fully saturated rings. The number of carboxylic acids is 1. The zero-order valence-electron chi connectivity index (χ0n) is 10.9. The van der Waals surface area contributed by atoms with Crippen LogP contribution in [0.2, 0.25) is 0 Å². The molecule has 0 unspecified atom stereocenters. The van der Waals surface area contributed by atoms with E-state index in [1.807, 2.05) is 24.3 Å². The van der Waals surface area contributed by atoms with Crippen molar-refractivity contribution in [2.75, 3.05) is 0 Å². The predicted octanol–water partition coefficient (Wildman–Crippen LogP) is 1.89. The van der Waals surface area contributed by atoms with Crippen LogP contribution in [-0.4, -0.2) is 25.5 Å². The molecule has 0 atom stereocenters. The molecule has 3 rings (SSSR count). The van der Waals surface area contributed by atoms with E-state index in [0.717, 1.165) is 22.5 Å². The van der Waals surface area contributed by atoms with Crippen molar-refractivity contribution in [1.82, 2.24) is 4.72 Å². The number of aromatic carboxylic acids is 1. The Hall–Kier alpha value is -1.70. The van der Waals surface area contributed by atoms with Crippen molar-refractivity contribution in [3.63, 3.8) is 0 Å². The van der Waals surface area contributed by atoms with Gasteiger partial charge in [-0.05, 0) is 30.0 Å². The van der Waals surface area contributed by atoms with Crippen LogP contribution in [-0.2, 0) is 22.9 Å². The van der Waals surface area contributed by atoms with E-state index in [1.165, 1.54) is 11.4 Å². The molecule has 1 aromatic carbocycles. The minimum absolute atomic E-state index is 0.00455. The Balaban J connectivity index is 1.77. The van der Waals surface area contributed by atoms with Gasteiger partial charge in [0.05, 0.1) is 5.56 Å². The van der Waals surface area contributed by atoms with Gasteiger partial charge in [-0.25, -0.2) is 17.9 Å². The van der Waals surface area contributed by atoms with Crippen LogP contribution in [0.3, 0.4) is 0 Å². The van der Waals surface area contributed by atoms with Gasteiger partial charge in [-0.3, -0.25) is 0 Å². The third kappa shape index (κ3) is 2.85. The molecule has 0 saturated heterocycles. The fraction of sp³-hybridized carbons (Fsp3) is 0.214. The van der Waals surface area contributed by atoms with Gasteiger partial charge < -0.3 is 5.11 Å². The molecule has 0 amide bonds. The van der Waals surface area contributed by atoms with Crippen molar-refractivity contribution in [2.45, 2.75) is 23.1 Å². The molecule has 7 heteroatoms. The van der Waals surface area contributed by atoms with E-state index in [4.69, 9.17) is 5.11 Å². The van der Waals surface area contributed by atoms with E-state index in [2.05, 4.69) is 4.72 Å². The highest BCUT2D eigenvalue weighted by Gasteiger charge is 2.27. The summed E-state index contributed by atoms with van der Waals surface area (Å²) in [5.74, 6) is -1.12. The largest absolute Gasteiger partial charge is 0.478 e. The lowest BCUT2D eigenvalue weighted by molar-refractivity contribution is 0.0697. The summed E-state index contributed by atoms with van der Waals surface area (Å²) in [7, 11) is -3.67. The molecule has 2 aromatic rings. The lowest BCUT2D eigenvalue weighted by atomic mass is 10.1. The maximum absolute atomic E-state index is 12.3. The molecule has 5 nitrogen and oxygen atoms in total. The van der Waals surface area contributed by atoms with Crippen LogP contribution in [0, 0.1) is 0 Å². The number of rotatable bonds is 4. The van der Waals surface area contributed by atoms with E-state index >= 15 is 0 Å². The summed E-state index contributed by atoms with van der Waals surface area (Å²) >= 11 is 0.921. The molecule has 0 spiro atoms. The van der Waals surface area contributed by atoms with Crippen molar-refractivity contribution in [1.29, 1.82) is 0 Å². The van der Waals surface area contributed by atoms with Gasteiger partial charge in [0, 0.05) is 11.4 Å². The quantitative estimate of drug-likeness (QED) is 0.900. The van der Waals surface area contributed by atoms with Crippen molar-refractivity contribution >= 4 is 27.3 Å². The summed E-state index contributed by atoms with van der Waals surface area (Å²) in [5.41, 5.74) is 2.31. The molecule has 0 saturated carbocycles. The molecule has 21 heavy (non-hydrogen) atoms. The maximum Gasteiger partial charge on any atom is 0.336 e. The highest BCUT2D eigenvalue weighted by atomic mass is 32.2. The average molecular weight is 323 g/mol.